The largest absolute Gasteiger partial charge is 0.306 e. The lowest BCUT2D eigenvalue weighted by molar-refractivity contribution is 0.308. The molecule has 0 aliphatic carbocycles. The summed E-state index contributed by atoms with van der Waals surface area (Å²) in [6, 6.07) is 6.67. The molecule has 0 aliphatic heterocycles. The standard InChI is InChI=1S/C12H17N3/c1-10(14(2)3)8-12-13-9-11-6-4-5-7-15(11)12/h4-7,9-10H,8H2,1-3H3/t10-/m1/s1. The van der Waals surface area contributed by atoms with E-state index < -0.39 is 0 Å². The first-order chi connectivity index (χ1) is 7.18. The van der Waals surface area contributed by atoms with Crippen molar-refractivity contribution in [2.75, 3.05) is 14.1 Å². The first-order valence-electron chi connectivity index (χ1n) is 5.26. The summed E-state index contributed by atoms with van der Waals surface area (Å²) in [4.78, 5) is 6.67. The molecule has 0 fully saturated rings. The maximum atomic E-state index is 4.45. The van der Waals surface area contributed by atoms with Crippen molar-refractivity contribution in [2.45, 2.75) is 19.4 Å². The van der Waals surface area contributed by atoms with Crippen molar-refractivity contribution in [3.8, 4) is 0 Å². The predicted molar refractivity (Wildman–Crippen MR) is 62.0 cm³/mol. The molecule has 0 unspecified atom stereocenters. The van der Waals surface area contributed by atoms with Crippen LogP contribution in [0.4, 0.5) is 0 Å². The van der Waals surface area contributed by atoms with Crippen LogP contribution >= 0.6 is 0 Å². The van der Waals surface area contributed by atoms with Gasteiger partial charge in [0.1, 0.15) is 5.82 Å². The van der Waals surface area contributed by atoms with E-state index in [2.05, 4.69) is 47.6 Å². The number of pyridine rings is 1. The van der Waals surface area contributed by atoms with Gasteiger partial charge in [0.25, 0.3) is 0 Å². The number of nitrogens with zero attached hydrogens (tertiary/aromatic N) is 3. The van der Waals surface area contributed by atoms with E-state index >= 15 is 0 Å². The van der Waals surface area contributed by atoms with E-state index in [0.717, 1.165) is 12.2 Å². The van der Waals surface area contributed by atoms with Crippen molar-refractivity contribution in [1.29, 1.82) is 0 Å². The fraction of sp³-hybridized carbons (Fsp3) is 0.417. The molecule has 2 aromatic heterocycles. The van der Waals surface area contributed by atoms with E-state index in [1.165, 1.54) is 5.52 Å². The third-order valence-corrected chi connectivity index (χ3v) is 2.87. The lowest BCUT2D eigenvalue weighted by Gasteiger charge is -2.18. The van der Waals surface area contributed by atoms with Crippen LogP contribution in [0, 0.1) is 0 Å². The molecule has 2 aromatic rings. The summed E-state index contributed by atoms with van der Waals surface area (Å²) in [5.41, 5.74) is 1.17. The van der Waals surface area contributed by atoms with Gasteiger partial charge in [0.15, 0.2) is 0 Å². The second-order valence-corrected chi connectivity index (χ2v) is 4.19. The Balaban J connectivity index is 2.29. The Labute approximate surface area is 90.4 Å². The second kappa shape index (κ2) is 4.03. The average Bonchev–Trinajstić information content (AvgIpc) is 2.62. The van der Waals surface area contributed by atoms with E-state index in [1.54, 1.807) is 0 Å². The highest BCUT2D eigenvalue weighted by atomic mass is 15.1. The predicted octanol–water partition coefficient (Wildman–Crippen LogP) is 1.83. The molecule has 0 bridgehead atoms. The van der Waals surface area contributed by atoms with Gasteiger partial charge in [0, 0.05) is 18.7 Å². The molecule has 0 saturated carbocycles. The van der Waals surface area contributed by atoms with Crippen molar-refractivity contribution < 1.29 is 0 Å². The molecule has 2 heterocycles. The third kappa shape index (κ3) is 2.02. The SMILES string of the molecule is C[C@H](Cc1ncc2ccccn12)N(C)C. The highest BCUT2D eigenvalue weighted by Gasteiger charge is 2.09. The number of hydrogen-bond acceptors (Lipinski definition) is 2. The lowest BCUT2D eigenvalue weighted by Crippen LogP contribution is -2.27. The number of rotatable bonds is 3. The van der Waals surface area contributed by atoms with E-state index in [-0.39, 0.29) is 0 Å². The third-order valence-electron chi connectivity index (χ3n) is 2.87. The zero-order valence-corrected chi connectivity index (χ0v) is 9.51. The highest BCUT2D eigenvalue weighted by Crippen LogP contribution is 2.09. The van der Waals surface area contributed by atoms with Gasteiger partial charge >= 0.3 is 0 Å². The molecule has 2 rings (SSSR count). The molecule has 0 radical (unpaired) electrons. The highest BCUT2D eigenvalue weighted by molar-refractivity contribution is 5.45. The molecule has 0 aliphatic rings. The summed E-state index contributed by atoms with van der Waals surface area (Å²) < 4.78 is 2.15. The van der Waals surface area contributed by atoms with Crippen LogP contribution in [0.2, 0.25) is 0 Å². The van der Waals surface area contributed by atoms with E-state index in [9.17, 15) is 0 Å². The molecular weight excluding hydrogens is 186 g/mol. The van der Waals surface area contributed by atoms with Crippen LogP contribution < -0.4 is 0 Å². The number of fused-ring (bicyclic) bond motifs is 1. The summed E-state index contributed by atoms with van der Waals surface area (Å²) in [6.07, 6.45) is 4.98. The first-order valence-corrected chi connectivity index (χ1v) is 5.26. The van der Waals surface area contributed by atoms with Crippen molar-refractivity contribution in [2.24, 2.45) is 0 Å². The molecule has 0 saturated heterocycles. The Kier molecular flexibility index (Phi) is 2.73. The van der Waals surface area contributed by atoms with Crippen LogP contribution in [0.15, 0.2) is 30.6 Å². The van der Waals surface area contributed by atoms with Crippen molar-refractivity contribution in [3.63, 3.8) is 0 Å². The van der Waals surface area contributed by atoms with Crippen LogP contribution in [0.3, 0.4) is 0 Å². The van der Waals surface area contributed by atoms with Crippen molar-refractivity contribution in [3.05, 3.63) is 36.4 Å². The van der Waals surface area contributed by atoms with E-state index in [0.29, 0.717) is 6.04 Å². The number of aromatic nitrogens is 2. The van der Waals surface area contributed by atoms with Gasteiger partial charge in [-0.05, 0) is 33.2 Å². The van der Waals surface area contributed by atoms with Gasteiger partial charge in [0.2, 0.25) is 0 Å². The molecule has 3 nitrogen and oxygen atoms in total. The lowest BCUT2D eigenvalue weighted by atomic mass is 10.2. The fourth-order valence-electron chi connectivity index (χ4n) is 1.60. The number of imidazole rings is 1. The fourth-order valence-corrected chi connectivity index (χ4v) is 1.60. The van der Waals surface area contributed by atoms with Gasteiger partial charge < -0.3 is 9.30 Å². The van der Waals surface area contributed by atoms with Gasteiger partial charge in [-0.1, -0.05) is 6.07 Å². The molecule has 80 valence electrons. The summed E-state index contributed by atoms with van der Waals surface area (Å²) in [6.45, 7) is 2.21. The topological polar surface area (TPSA) is 20.5 Å². The van der Waals surface area contributed by atoms with Crippen LogP contribution in [-0.4, -0.2) is 34.4 Å². The quantitative estimate of drug-likeness (QED) is 0.758. The molecule has 0 N–H and O–H groups in total. The zero-order valence-electron chi connectivity index (χ0n) is 9.51. The van der Waals surface area contributed by atoms with E-state index in [4.69, 9.17) is 0 Å². The van der Waals surface area contributed by atoms with Crippen molar-refractivity contribution >= 4 is 5.52 Å². The molecule has 1 atom stereocenters. The second-order valence-electron chi connectivity index (χ2n) is 4.19. The molecule has 15 heavy (non-hydrogen) atoms. The Hall–Kier alpha value is -1.35. The van der Waals surface area contributed by atoms with Gasteiger partial charge in [-0.25, -0.2) is 4.98 Å². The average molecular weight is 203 g/mol. The summed E-state index contributed by atoms with van der Waals surface area (Å²) in [5.74, 6) is 1.13. The molecule has 0 spiro atoms. The minimum atomic E-state index is 0.510. The number of hydrogen-bond donors (Lipinski definition) is 0. The first kappa shape index (κ1) is 10.2. The molecule has 0 aromatic carbocycles. The Bertz CT molecular complexity index is 445. The summed E-state index contributed by atoms with van der Waals surface area (Å²) in [7, 11) is 4.20. The maximum Gasteiger partial charge on any atom is 0.114 e. The van der Waals surface area contributed by atoms with Crippen LogP contribution in [0.1, 0.15) is 12.7 Å². The smallest absolute Gasteiger partial charge is 0.114 e. The van der Waals surface area contributed by atoms with Gasteiger partial charge in [-0.3, -0.25) is 0 Å². The minimum absolute atomic E-state index is 0.510. The molecule has 0 amide bonds. The Morgan fingerprint density at radius 3 is 2.93 bits per heavy atom. The Morgan fingerprint density at radius 2 is 2.20 bits per heavy atom. The van der Waals surface area contributed by atoms with Crippen LogP contribution in [-0.2, 0) is 6.42 Å². The molecule has 3 heteroatoms. The van der Waals surface area contributed by atoms with Crippen molar-refractivity contribution in [1.82, 2.24) is 14.3 Å². The summed E-state index contributed by atoms with van der Waals surface area (Å²) >= 11 is 0. The maximum absolute atomic E-state index is 4.45. The van der Waals surface area contributed by atoms with Gasteiger partial charge in [-0.15, -0.1) is 0 Å². The minimum Gasteiger partial charge on any atom is -0.306 e. The van der Waals surface area contributed by atoms with E-state index in [1.807, 2.05) is 18.3 Å². The summed E-state index contributed by atoms with van der Waals surface area (Å²) in [5, 5.41) is 0. The normalized spacial score (nSPS) is 13.6. The van der Waals surface area contributed by atoms with Gasteiger partial charge in [-0.2, -0.15) is 0 Å². The van der Waals surface area contributed by atoms with Crippen LogP contribution in [0.5, 0.6) is 0 Å². The zero-order chi connectivity index (χ0) is 10.8. The number of likely N-dealkylation sites (N-methyl/N-ethyl adjacent to an activating group) is 1. The Morgan fingerprint density at radius 1 is 1.40 bits per heavy atom. The van der Waals surface area contributed by atoms with Crippen LogP contribution in [0.25, 0.3) is 5.52 Å². The molecular formula is C12H17N3. The monoisotopic (exact) mass is 203 g/mol. The van der Waals surface area contributed by atoms with Gasteiger partial charge in [0.05, 0.1) is 11.7 Å².